The fourth-order valence-corrected chi connectivity index (χ4v) is 5.83. The van der Waals surface area contributed by atoms with Crippen LogP contribution in [0.2, 0.25) is 0 Å². The summed E-state index contributed by atoms with van der Waals surface area (Å²) in [6, 6.07) is 14.2. The number of hydrogen-bond acceptors (Lipinski definition) is 6. The zero-order valence-electron chi connectivity index (χ0n) is 16.2. The number of aromatic nitrogens is 1. The van der Waals surface area contributed by atoms with E-state index < -0.39 is 27.7 Å². The molecule has 0 spiro atoms. The van der Waals surface area contributed by atoms with Crippen LogP contribution in [-0.2, 0) is 21.2 Å². The molecule has 2 heterocycles. The molecule has 1 atom stereocenters. The van der Waals surface area contributed by atoms with E-state index in [1.807, 2.05) is 0 Å². The molecular formula is C21H18FN3O4S2. The van der Waals surface area contributed by atoms with Crippen LogP contribution >= 0.6 is 11.3 Å². The van der Waals surface area contributed by atoms with Crippen LogP contribution in [0.3, 0.4) is 0 Å². The monoisotopic (exact) mass is 459 g/mol. The number of nitrogens with zero attached hydrogens (tertiary/aromatic N) is 2. The molecule has 1 fully saturated rings. The molecule has 1 unspecified atom stereocenters. The van der Waals surface area contributed by atoms with Gasteiger partial charge in [0.1, 0.15) is 5.82 Å². The van der Waals surface area contributed by atoms with Crippen LogP contribution in [0.15, 0.2) is 60.0 Å². The lowest BCUT2D eigenvalue weighted by atomic mass is 10.0. The molecule has 1 saturated heterocycles. The molecule has 0 saturated carbocycles. The van der Waals surface area contributed by atoms with Crippen molar-refractivity contribution in [1.82, 2.24) is 9.29 Å². The van der Waals surface area contributed by atoms with Gasteiger partial charge in [-0.3, -0.25) is 14.9 Å². The van der Waals surface area contributed by atoms with Gasteiger partial charge in [0.2, 0.25) is 15.9 Å². The van der Waals surface area contributed by atoms with Crippen molar-refractivity contribution < 1.29 is 22.4 Å². The summed E-state index contributed by atoms with van der Waals surface area (Å²) in [5.41, 5.74) is 1.52. The normalized spacial score (nSPS) is 17.5. The Labute approximate surface area is 182 Å². The van der Waals surface area contributed by atoms with Gasteiger partial charge in [0.25, 0.3) is 5.91 Å². The molecule has 4 rings (SSSR count). The molecule has 3 aromatic rings. The highest BCUT2D eigenvalue weighted by Gasteiger charge is 2.39. The van der Waals surface area contributed by atoms with Crippen molar-refractivity contribution in [2.45, 2.75) is 12.3 Å². The number of nitrogens with one attached hydrogen (secondary N) is 1. The summed E-state index contributed by atoms with van der Waals surface area (Å²) in [5.74, 6) is -1.94. The number of anilines is 1. The molecule has 7 nitrogen and oxygen atoms in total. The lowest BCUT2D eigenvalue weighted by molar-refractivity contribution is -0.125. The second kappa shape index (κ2) is 8.56. The lowest BCUT2D eigenvalue weighted by Gasteiger charge is -2.14. The van der Waals surface area contributed by atoms with Gasteiger partial charge in [-0.25, -0.2) is 22.1 Å². The number of thiazole rings is 1. The molecule has 1 aromatic heterocycles. The Balaban J connectivity index is 1.41. The van der Waals surface area contributed by atoms with E-state index in [0.29, 0.717) is 22.0 Å². The van der Waals surface area contributed by atoms with Crippen molar-refractivity contribution in [2.75, 3.05) is 17.6 Å². The van der Waals surface area contributed by atoms with Crippen molar-refractivity contribution in [3.63, 3.8) is 0 Å². The first-order chi connectivity index (χ1) is 14.8. The molecule has 1 N–H and O–H groups in total. The molecular weight excluding hydrogens is 441 g/mol. The maximum Gasteiger partial charge on any atom is 0.257 e. The maximum absolute atomic E-state index is 13.1. The zero-order chi connectivity index (χ0) is 22.0. The molecule has 0 aliphatic carbocycles. The quantitative estimate of drug-likeness (QED) is 0.633. The van der Waals surface area contributed by atoms with Gasteiger partial charge in [-0.15, -0.1) is 11.3 Å². The van der Waals surface area contributed by atoms with Gasteiger partial charge < -0.3 is 0 Å². The highest BCUT2D eigenvalue weighted by Crippen LogP contribution is 2.29. The summed E-state index contributed by atoms with van der Waals surface area (Å²) in [5, 5.41) is 4.60. The summed E-state index contributed by atoms with van der Waals surface area (Å²) < 4.78 is 39.0. The summed E-state index contributed by atoms with van der Waals surface area (Å²) in [7, 11) is -3.77. The summed E-state index contributed by atoms with van der Waals surface area (Å²) in [6.45, 7) is 0.00847. The molecule has 2 amide bonds. The first kappa shape index (κ1) is 21.1. The lowest BCUT2D eigenvalue weighted by Crippen LogP contribution is -2.34. The van der Waals surface area contributed by atoms with Crippen molar-refractivity contribution in [1.29, 1.82) is 0 Å². The van der Waals surface area contributed by atoms with Gasteiger partial charge in [0.15, 0.2) is 5.13 Å². The number of hydrogen-bond donors (Lipinski definition) is 1. The molecule has 0 bridgehead atoms. The smallest absolute Gasteiger partial charge is 0.257 e. The topological polar surface area (TPSA) is 96.4 Å². The molecule has 2 aromatic carbocycles. The van der Waals surface area contributed by atoms with Crippen molar-refractivity contribution >= 4 is 38.3 Å². The molecule has 31 heavy (non-hydrogen) atoms. The van der Waals surface area contributed by atoms with E-state index in [1.54, 1.807) is 35.7 Å². The van der Waals surface area contributed by atoms with Crippen LogP contribution in [0.25, 0.3) is 0 Å². The second-order valence-electron chi connectivity index (χ2n) is 7.09. The van der Waals surface area contributed by atoms with Gasteiger partial charge >= 0.3 is 0 Å². The minimum atomic E-state index is -3.77. The zero-order valence-corrected chi connectivity index (χ0v) is 17.8. The van der Waals surface area contributed by atoms with Crippen LogP contribution < -0.4 is 5.32 Å². The Hall–Kier alpha value is -3.11. The maximum atomic E-state index is 13.1. The fourth-order valence-electron chi connectivity index (χ4n) is 3.35. The Morgan fingerprint density at radius 1 is 1.13 bits per heavy atom. The largest absolute Gasteiger partial charge is 0.298 e. The third-order valence-electron chi connectivity index (χ3n) is 4.89. The van der Waals surface area contributed by atoms with Gasteiger partial charge in [-0.05, 0) is 29.8 Å². The fraction of sp³-hybridized carbons (Fsp3) is 0.190. The Morgan fingerprint density at radius 3 is 2.55 bits per heavy atom. The number of halogens is 1. The highest BCUT2D eigenvalue weighted by molar-refractivity contribution is 7.89. The summed E-state index contributed by atoms with van der Waals surface area (Å²) >= 11 is 1.16. The van der Waals surface area contributed by atoms with Crippen LogP contribution in [-0.4, -0.2) is 41.8 Å². The summed E-state index contributed by atoms with van der Waals surface area (Å²) in [4.78, 5) is 29.1. The minimum absolute atomic E-state index is 0.00847. The number of sulfonamides is 1. The van der Waals surface area contributed by atoms with Gasteiger partial charge in [-0.1, -0.05) is 30.3 Å². The molecule has 1 aliphatic heterocycles. The summed E-state index contributed by atoms with van der Waals surface area (Å²) in [6.07, 6.45) is -0.201. The predicted molar refractivity (Wildman–Crippen MR) is 115 cm³/mol. The number of carbonyl (C=O) groups excluding carboxylic acids is 2. The van der Waals surface area contributed by atoms with E-state index >= 15 is 0 Å². The SMILES string of the molecule is O=C(Nc1nc(CC(=O)N2CC(c3ccc(F)cc3)CS2(=O)=O)cs1)c1ccccc1. The molecule has 10 heteroatoms. The van der Waals surface area contributed by atoms with Crippen LogP contribution in [0.5, 0.6) is 0 Å². The third-order valence-corrected chi connectivity index (χ3v) is 7.55. The second-order valence-corrected chi connectivity index (χ2v) is 9.89. The van der Waals surface area contributed by atoms with Crippen LogP contribution in [0.4, 0.5) is 9.52 Å². The first-order valence-electron chi connectivity index (χ1n) is 9.41. The average Bonchev–Trinajstić information content (AvgIpc) is 3.32. The highest BCUT2D eigenvalue weighted by atomic mass is 32.2. The van der Waals surface area contributed by atoms with Crippen molar-refractivity contribution in [3.8, 4) is 0 Å². The number of carbonyl (C=O) groups is 2. The standard InChI is InChI=1S/C21H18FN3O4S2/c22-17-8-6-14(7-9-17)16-11-25(31(28,29)13-16)19(26)10-18-12-30-21(23-18)24-20(27)15-4-2-1-3-5-15/h1-9,12,16H,10-11,13H2,(H,23,24,27). The number of benzene rings is 2. The van der Waals surface area contributed by atoms with Crippen LogP contribution in [0.1, 0.15) is 27.5 Å². The first-order valence-corrected chi connectivity index (χ1v) is 11.9. The van der Waals surface area contributed by atoms with Gasteiger partial charge in [-0.2, -0.15) is 0 Å². The van der Waals surface area contributed by atoms with Gasteiger partial charge in [0.05, 0.1) is 17.9 Å². The van der Waals surface area contributed by atoms with E-state index in [0.717, 1.165) is 15.6 Å². The van der Waals surface area contributed by atoms with E-state index in [2.05, 4.69) is 10.3 Å². The third kappa shape index (κ3) is 4.80. The van der Waals surface area contributed by atoms with E-state index in [9.17, 15) is 22.4 Å². The molecule has 1 aliphatic rings. The number of rotatable bonds is 5. The number of amides is 2. The Kier molecular flexibility index (Phi) is 5.84. The van der Waals surface area contributed by atoms with E-state index in [4.69, 9.17) is 0 Å². The van der Waals surface area contributed by atoms with E-state index in [1.165, 1.54) is 24.3 Å². The minimum Gasteiger partial charge on any atom is -0.298 e. The van der Waals surface area contributed by atoms with Crippen molar-refractivity contribution in [3.05, 3.63) is 82.6 Å². The molecule has 0 radical (unpaired) electrons. The van der Waals surface area contributed by atoms with Crippen LogP contribution in [0, 0.1) is 5.82 Å². The van der Waals surface area contributed by atoms with Gasteiger partial charge in [0, 0.05) is 23.4 Å². The Morgan fingerprint density at radius 2 is 1.84 bits per heavy atom. The van der Waals surface area contributed by atoms with E-state index in [-0.39, 0.29) is 24.6 Å². The predicted octanol–water partition coefficient (Wildman–Crippen LogP) is 3.03. The van der Waals surface area contributed by atoms with Crippen molar-refractivity contribution in [2.24, 2.45) is 0 Å². The molecule has 160 valence electrons. The average molecular weight is 460 g/mol. The Bertz CT molecular complexity index is 1210.